The summed E-state index contributed by atoms with van der Waals surface area (Å²) >= 11 is 6.55. The highest BCUT2D eigenvalue weighted by atomic mass is 35.5. The summed E-state index contributed by atoms with van der Waals surface area (Å²) in [4.78, 5) is 24.7. The molecule has 0 bridgehead atoms. The lowest BCUT2D eigenvalue weighted by atomic mass is 10.1. The predicted octanol–water partition coefficient (Wildman–Crippen LogP) is 5.76. The van der Waals surface area contributed by atoms with E-state index in [1.54, 1.807) is 35.3 Å². The number of nitrogens with zero attached hydrogens (tertiary/aromatic N) is 3. The zero-order valence-electron chi connectivity index (χ0n) is 16.7. The van der Waals surface area contributed by atoms with Crippen LogP contribution in [-0.4, -0.2) is 19.5 Å². The molecule has 0 saturated carbocycles. The lowest BCUT2D eigenvalue weighted by Gasteiger charge is -2.09. The molecule has 0 unspecified atom stereocenters. The van der Waals surface area contributed by atoms with Crippen LogP contribution in [0.15, 0.2) is 68.8 Å². The zero-order chi connectivity index (χ0) is 22.3. The second-order valence-electron chi connectivity index (χ2n) is 7.83. The highest BCUT2D eigenvalue weighted by Crippen LogP contribution is 2.39. The van der Waals surface area contributed by atoms with E-state index in [2.05, 4.69) is 15.0 Å². The van der Waals surface area contributed by atoms with Crippen molar-refractivity contribution in [3.63, 3.8) is 0 Å². The Morgan fingerprint density at radius 3 is 2.94 bits per heavy atom. The van der Waals surface area contributed by atoms with E-state index >= 15 is 4.39 Å². The molecular weight excluding hydrogens is 447 g/mol. The Balaban J connectivity index is 1.67. The number of hydrogen-bond acceptors (Lipinski definition) is 5. The van der Waals surface area contributed by atoms with Gasteiger partial charge < -0.3 is 18.4 Å². The molecule has 0 fully saturated rings. The molecule has 7 rings (SSSR count). The molecular formula is C24H12ClFN4O3. The largest absolute Gasteiger partial charge is 0.463 e. The molecule has 0 spiro atoms. The van der Waals surface area contributed by atoms with Gasteiger partial charge in [0.15, 0.2) is 0 Å². The van der Waals surface area contributed by atoms with Gasteiger partial charge in [-0.25, -0.2) is 19.2 Å². The second kappa shape index (κ2) is 6.43. The summed E-state index contributed by atoms with van der Waals surface area (Å²) in [7, 11) is 0. The first kappa shape index (κ1) is 18.4. The molecule has 5 heterocycles. The maximum atomic E-state index is 15.0. The molecule has 7 aromatic rings. The van der Waals surface area contributed by atoms with Gasteiger partial charge in [0.2, 0.25) is 5.71 Å². The van der Waals surface area contributed by atoms with E-state index in [4.69, 9.17) is 20.4 Å². The summed E-state index contributed by atoms with van der Waals surface area (Å²) in [6.45, 7) is 0.204. The highest BCUT2D eigenvalue weighted by molar-refractivity contribution is 6.32. The SMILES string of the molecule is O=c1oc2ncccc2c2c3c4occc4c(F)cc3n(Cc3cc4[nH]cnc4cc3Cl)c12. The molecule has 7 nitrogen and oxygen atoms in total. The molecule has 0 aliphatic carbocycles. The highest BCUT2D eigenvalue weighted by Gasteiger charge is 2.24. The third-order valence-electron chi connectivity index (χ3n) is 6.06. The Morgan fingerprint density at radius 1 is 1.12 bits per heavy atom. The topological polar surface area (TPSA) is 89.9 Å². The van der Waals surface area contributed by atoms with Crippen molar-refractivity contribution < 1.29 is 13.2 Å². The molecule has 9 heteroatoms. The number of pyridine rings is 1. The van der Waals surface area contributed by atoms with Crippen LogP contribution in [0.4, 0.5) is 4.39 Å². The minimum Gasteiger partial charge on any atom is -0.463 e. The van der Waals surface area contributed by atoms with Crippen molar-refractivity contribution in [2.75, 3.05) is 0 Å². The van der Waals surface area contributed by atoms with Gasteiger partial charge in [-0.15, -0.1) is 0 Å². The van der Waals surface area contributed by atoms with Gasteiger partial charge >= 0.3 is 5.63 Å². The Labute approximate surface area is 188 Å². The zero-order valence-corrected chi connectivity index (χ0v) is 17.5. The Bertz CT molecular complexity index is 1960. The van der Waals surface area contributed by atoms with Crippen LogP contribution in [0.25, 0.3) is 54.9 Å². The van der Waals surface area contributed by atoms with Crippen molar-refractivity contribution in [2.24, 2.45) is 0 Å². The third kappa shape index (κ3) is 2.46. The van der Waals surface area contributed by atoms with Gasteiger partial charge in [0, 0.05) is 28.5 Å². The number of aromatic nitrogens is 4. The fraction of sp³-hybridized carbons (Fsp3) is 0.0417. The number of hydrogen-bond donors (Lipinski definition) is 1. The lowest BCUT2D eigenvalue weighted by molar-refractivity contribution is 0.553. The Morgan fingerprint density at radius 2 is 2.03 bits per heavy atom. The molecule has 5 aromatic heterocycles. The van der Waals surface area contributed by atoms with Gasteiger partial charge in [0.1, 0.15) is 16.9 Å². The first-order chi connectivity index (χ1) is 16.1. The molecule has 160 valence electrons. The van der Waals surface area contributed by atoms with E-state index in [1.807, 2.05) is 12.1 Å². The smallest absolute Gasteiger partial charge is 0.362 e. The number of furan rings is 1. The van der Waals surface area contributed by atoms with E-state index in [0.29, 0.717) is 37.7 Å². The minimum absolute atomic E-state index is 0.204. The predicted molar refractivity (Wildman–Crippen MR) is 123 cm³/mol. The van der Waals surface area contributed by atoms with Crippen molar-refractivity contribution in [3.8, 4) is 0 Å². The van der Waals surface area contributed by atoms with Gasteiger partial charge in [0.05, 0.1) is 39.9 Å². The number of imidazole rings is 1. The van der Waals surface area contributed by atoms with E-state index in [0.717, 1.165) is 16.6 Å². The number of rotatable bonds is 2. The fourth-order valence-electron chi connectivity index (χ4n) is 4.64. The van der Waals surface area contributed by atoms with Crippen molar-refractivity contribution in [3.05, 3.63) is 82.0 Å². The average molecular weight is 459 g/mol. The van der Waals surface area contributed by atoms with Crippen LogP contribution >= 0.6 is 11.6 Å². The molecule has 0 radical (unpaired) electrons. The van der Waals surface area contributed by atoms with Crippen molar-refractivity contribution >= 4 is 66.5 Å². The summed E-state index contributed by atoms with van der Waals surface area (Å²) < 4.78 is 28.0. The number of H-pyrrole nitrogens is 1. The van der Waals surface area contributed by atoms with Crippen molar-refractivity contribution in [1.82, 2.24) is 19.5 Å². The van der Waals surface area contributed by atoms with Crippen LogP contribution in [0.1, 0.15) is 5.56 Å². The second-order valence-corrected chi connectivity index (χ2v) is 8.24. The number of fused-ring (bicyclic) bond motifs is 8. The van der Waals surface area contributed by atoms with Gasteiger partial charge in [-0.2, -0.15) is 0 Å². The van der Waals surface area contributed by atoms with Gasteiger partial charge in [-0.3, -0.25) is 0 Å². The number of halogens is 2. The number of benzene rings is 2. The molecule has 0 saturated heterocycles. The van der Waals surface area contributed by atoms with Crippen LogP contribution in [0.2, 0.25) is 5.02 Å². The molecule has 1 N–H and O–H groups in total. The number of nitrogens with one attached hydrogen (secondary N) is 1. The van der Waals surface area contributed by atoms with Gasteiger partial charge in [-0.1, -0.05) is 11.6 Å². The lowest BCUT2D eigenvalue weighted by Crippen LogP contribution is -2.09. The maximum absolute atomic E-state index is 15.0. The van der Waals surface area contributed by atoms with Crippen LogP contribution in [-0.2, 0) is 6.54 Å². The number of aromatic amines is 1. The summed E-state index contributed by atoms with van der Waals surface area (Å²) in [6, 6.07) is 10.2. The monoisotopic (exact) mass is 458 g/mol. The normalized spacial score (nSPS) is 12.2. The van der Waals surface area contributed by atoms with E-state index in [-0.39, 0.29) is 17.8 Å². The van der Waals surface area contributed by atoms with Crippen LogP contribution in [0.3, 0.4) is 0 Å². The van der Waals surface area contributed by atoms with Crippen LogP contribution in [0, 0.1) is 5.82 Å². The Kier molecular flexibility index (Phi) is 3.58. The molecule has 2 aromatic carbocycles. The average Bonchev–Trinajstić information content (AvgIpc) is 3.52. The van der Waals surface area contributed by atoms with Crippen LogP contribution in [0.5, 0.6) is 0 Å². The maximum Gasteiger partial charge on any atom is 0.362 e. The molecule has 0 atom stereocenters. The first-order valence-corrected chi connectivity index (χ1v) is 10.5. The quantitative estimate of drug-likeness (QED) is 0.356. The fourth-order valence-corrected chi connectivity index (χ4v) is 4.85. The van der Waals surface area contributed by atoms with Crippen molar-refractivity contribution in [2.45, 2.75) is 6.54 Å². The van der Waals surface area contributed by atoms with Crippen molar-refractivity contribution in [1.29, 1.82) is 0 Å². The van der Waals surface area contributed by atoms with Gasteiger partial charge in [0.25, 0.3) is 0 Å². The molecule has 33 heavy (non-hydrogen) atoms. The third-order valence-corrected chi connectivity index (χ3v) is 6.41. The molecule has 0 amide bonds. The Hall–Kier alpha value is -4.17. The standard InChI is InChI=1S/C24H12ClFN4O3/c25-14-7-17-16(28-10-29-17)6-11(14)9-30-18-8-15(26)12-3-5-32-22(12)20(18)19-13-2-1-4-27-23(13)33-24(31)21(19)30/h1-8,10H,9H2,(H,28,29). The minimum atomic E-state index is -0.578. The summed E-state index contributed by atoms with van der Waals surface area (Å²) in [5.74, 6) is -0.447. The summed E-state index contributed by atoms with van der Waals surface area (Å²) in [5.41, 5.74) is 3.03. The van der Waals surface area contributed by atoms with E-state index in [9.17, 15) is 4.79 Å². The summed E-state index contributed by atoms with van der Waals surface area (Å²) in [5, 5.41) is 2.68. The first-order valence-electron chi connectivity index (χ1n) is 10.1. The summed E-state index contributed by atoms with van der Waals surface area (Å²) in [6.07, 6.45) is 4.57. The van der Waals surface area contributed by atoms with Gasteiger partial charge in [-0.05, 0) is 42.0 Å². The molecule has 0 aliphatic rings. The molecule has 0 aliphatic heterocycles. The van der Waals surface area contributed by atoms with E-state index in [1.165, 1.54) is 12.3 Å². The van der Waals surface area contributed by atoms with Crippen LogP contribution < -0.4 is 5.63 Å². The van der Waals surface area contributed by atoms with E-state index < -0.39 is 11.4 Å².